The number of aromatic carboxylic acids is 1. The molecule has 0 unspecified atom stereocenters. The van der Waals surface area contributed by atoms with Gasteiger partial charge in [0.1, 0.15) is 11.4 Å². The lowest BCUT2D eigenvalue weighted by Crippen LogP contribution is -2.38. The molecule has 0 spiro atoms. The summed E-state index contributed by atoms with van der Waals surface area (Å²) in [6.07, 6.45) is 4.74. The molecule has 2 rings (SSSR count). The van der Waals surface area contributed by atoms with Gasteiger partial charge in [0.25, 0.3) is 0 Å². The number of hydrogen-bond donors (Lipinski definition) is 1. The summed E-state index contributed by atoms with van der Waals surface area (Å²) in [6, 6.07) is 3.89. The minimum atomic E-state index is -0.890. The van der Waals surface area contributed by atoms with Crippen LogP contribution < -0.4 is 4.90 Å². The maximum Gasteiger partial charge on any atom is 0.339 e. The summed E-state index contributed by atoms with van der Waals surface area (Å²) >= 11 is 0. The van der Waals surface area contributed by atoms with Gasteiger partial charge >= 0.3 is 5.97 Å². The first-order valence-corrected chi connectivity index (χ1v) is 7.46. The average molecular weight is 276 g/mol. The Morgan fingerprint density at radius 1 is 1.40 bits per heavy atom. The van der Waals surface area contributed by atoms with Crippen LogP contribution in [0.2, 0.25) is 0 Å². The zero-order valence-electron chi connectivity index (χ0n) is 12.6. The van der Waals surface area contributed by atoms with Gasteiger partial charge in [-0.3, -0.25) is 0 Å². The predicted octanol–water partition coefficient (Wildman–Crippen LogP) is 3.49. The highest BCUT2D eigenvalue weighted by Gasteiger charge is 2.27. The third kappa shape index (κ3) is 3.30. The van der Waals surface area contributed by atoms with Gasteiger partial charge in [-0.05, 0) is 37.8 Å². The molecular formula is C16H24N2O2. The van der Waals surface area contributed by atoms with Crippen LogP contribution in [0.15, 0.2) is 12.1 Å². The van der Waals surface area contributed by atoms with E-state index in [1.54, 1.807) is 12.1 Å². The van der Waals surface area contributed by atoms with E-state index in [9.17, 15) is 9.90 Å². The SMILES string of the molecule is Cc1ccc(C(=O)O)c(N(CC(C)C)C2CCCC2)n1. The van der Waals surface area contributed by atoms with E-state index < -0.39 is 5.97 Å². The summed E-state index contributed by atoms with van der Waals surface area (Å²) < 4.78 is 0. The highest BCUT2D eigenvalue weighted by atomic mass is 16.4. The zero-order valence-corrected chi connectivity index (χ0v) is 12.6. The quantitative estimate of drug-likeness (QED) is 0.894. The van der Waals surface area contributed by atoms with Gasteiger partial charge < -0.3 is 10.0 Å². The van der Waals surface area contributed by atoms with Gasteiger partial charge in [-0.1, -0.05) is 26.7 Å². The lowest BCUT2D eigenvalue weighted by molar-refractivity contribution is 0.0697. The molecule has 1 N–H and O–H groups in total. The molecule has 0 aromatic carbocycles. The Labute approximate surface area is 120 Å². The van der Waals surface area contributed by atoms with E-state index in [4.69, 9.17) is 0 Å². The van der Waals surface area contributed by atoms with Crippen molar-refractivity contribution in [3.05, 3.63) is 23.4 Å². The number of aryl methyl sites for hydroxylation is 1. The third-order valence-corrected chi connectivity index (χ3v) is 3.84. The first-order valence-electron chi connectivity index (χ1n) is 7.46. The van der Waals surface area contributed by atoms with Crippen LogP contribution in [0.1, 0.15) is 55.6 Å². The Hall–Kier alpha value is -1.58. The maximum atomic E-state index is 11.5. The van der Waals surface area contributed by atoms with Crippen LogP contribution in [0.3, 0.4) is 0 Å². The highest BCUT2D eigenvalue weighted by Crippen LogP contribution is 2.30. The Morgan fingerprint density at radius 2 is 2.05 bits per heavy atom. The van der Waals surface area contributed by atoms with Gasteiger partial charge in [-0.15, -0.1) is 0 Å². The van der Waals surface area contributed by atoms with Crippen molar-refractivity contribution in [1.29, 1.82) is 0 Å². The molecular weight excluding hydrogens is 252 g/mol. The Balaban J connectivity index is 2.40. The topological polar surface area (TPSA) is 53.4 Å². The summed E-state index contributed by atoms with van der Waals surface area (Å²) in [5.74, 6) is 0.247. The number of carbonyl (C=O) groups is 1. The molecule has 20 heavy (non-hydrogen) atoms. The highest BCUT2D eigenvalue weighted by molar-refractivity contribution is 5.93. The zero-order chi connectivity index (χ0) is 14.7. The number of nitrogens with zero attached hydrogens (tertiary/aromatic N) is 2. The lowest BCUT2D eigenvalue weighted by atomic mass is 10.1. The first kappa shape index (κ1) is 14.8. The molecule has 4 heteroatoms. The van der Waals surface area contributed by atoms with E-state index in [1.165, 1.54) is 12.8 Å². The standard InChI is InChI=1S/C16H24N2O2/c1-11(2)10-18(13-6-4-5-7-13)15-14(16(19)20)9-8-12(3)17-15/h8-9,11,13H,4-7,10H2,1-3H3,(H,19,20). The Kier molecular flexibility index (Phi) is 4.63. The molecule has 0 amide bonds. The van der Waals surface area contributed by atoms with Crippen molar-refractivity contribution in [2.24, 2.45) is 5.92 Å². The maximum absolute atomic E-state index is 11.5. The largest absolute Gasteiger partial charge is 0.478 e. The van der Waals surface area contributed by atoms with Gasteiger partial charge in [0.05, 0.1) is 0 Å². The molecule has 1 fully saturated rings. The minimum Gasteiger partial charge on any atom is -0.478 e. The molecule has 110 valence electrons. The molecule has 0 atom stereocenters. The second kappa shape index (κ2) is 6.25. The summed E-state index contributed by atoms with van der Waals surface area (Å²) in [7, 11) is 0. The van der Waals surface area contributed by atoms with E-state index in [2.05, 4.69) is 23.7 Å². The monoisotopic (exact) mass is 276 g/mol. The van der Waals surface area contributed by atoms with Crippen LogP contribution in [0.25, 0.3) is 0 Å². The molecule has 0 saturated heterocycles. The van der Waals surface area contributed by atoms with Gasteiger partial charge in [0.2, 0.25) is 0 Å². The van der Waals surface area contributed by atoms with Crippen molar-refractivity contribution in [2.45, 2.75) is 52.5 Å². The third-order valence-electron chi connectivity index (χ3n) is 3.84. The van der Waals surface area contributed by atoms with E-state index in [-0.39, 0.29) is 0 Å². The van der Waals surface area contributed by atoms with Crippen LogP contribution in [0, 0.1) is 12.8 Å². The molecule has 1 heterocycles. The van der Waals surface area contributed by atoms with E-state index in [1.807, 2.05) is 6.92 Å². The smallest absolute Gasteiger partial charge is 0.339 e. The summed E-state index contributed by atoms with van der Waals surface area (Å²) in [5, 5.41) is 9.42. The number of anilines is 1. The molecule has 4 nitrogen and oxygen atoms in total. The van der Waals surface area contributed by atoms with Crippen molar-refractivity contribution < 1.29 is 9.90 Å². The van der Waals surface area contributed by atoms with Crippen LogP contribution in [0.5, 0.6) is 0 Å². The van der Waals surface area contributed by atoms with E-state index >= 15 is 0 Å². The molecule has 1 aromatic rings. The molecule has 1 aromatic heterocycles. The average Bonchev–Trinajstić information content (AvgIpc) is 2.88. The summed E-state index contributed by atoms with van der Waals surface area (Å²) in [6.45, 7) is 7.11. The van der Waals surface area contributed by atoms with Crippen molar-refractivity contribution in [2.75, 3.05) is 11.4 Å². The second-order valence-electron chi connectivity index (χ2n) is 6.11. The van der Waals surface area contributed by atoms with Crippen LogP contribution >= 0.6 is 0 Å². The first-order chi connectivity index (χ1) is 9.49. The van der Waals surface area contributed by atoms with Crippen molar-refractivity contribution in [1.82, 2.24) is 4.98 Å². The number of aromatic nitrogens is 1. The molecule has 1 aliphatic rings. The van der Waals surface area contributed by atoms with Crippen LogP contribution in [0.4, 0.5) is 5.82 Å². The fourth-order valence-electron chi connectivity index (χ4n) is 2.95. The number of hydrogen-bond acceptors (Lipinski definition) is 3. The number of carboxylic acid groups (broad SMARTS) is 1. The summed E-state index contributed by atoms with van der Waals surface area (Å²) in [5.41, 5.74) is 1.19. The van der Waals surface area contributed by atoms with Crippen LogP contribution in [-0.4, -0.2) is 28.6 Å². The Bertz CT molecular complexity index is 479. The van der Waals surface area contributed by atoms with Gasteiger partial charge in [-0.2, -0.15) is 0 Å². The predicted molar refractivity (Wildman–Crippen MR) is 80.4 cm³/mol. The normalized spacial score (nSPS) is 15.8. The molecule has 0 aliphatic heterocycles. The molecule has 0 radical (unpaired) electrons. The second-order valence-corrected chi connectivity index (χ2v) is 6.11. The van der Waals surface area contributed by atoms with E-state index in [0.29, 0.717) is 23.3 Å². The van der Waals surface area contributed by atoms with Gasteiger partial charge in [-0.25, -0.2) is 9.78 Å². The van der Waals surface area contributed by atoms with E-state index in [0.717, 1.165) is 25.1 Å². The van der Waals surface area contributed by atoms with Crippen LogP contribution in [-0.2, 0) is 0 Å². The van der Waals surface area contributed by atoms with Crippen molar-refractivity contribution in [3.63, 3.8) is 0 Å². The number of rotatable bonds is 5. The van der Waals surface area contributed by atoms with Crippen molar-refractivity contribution >= 4 is 11.8 Å². The molecule has 0 bridgehead atoms. The summed E-state index contributed by atoms with van der Waals surface area (Å²) in [4.78, 5) is 18.2. The Morgan fingerprint density at radius 3 is 2.60 bits per heavy atom. The number of pyridine rings is 1. The number of carboxylic acids is 1. The minimum absolute atomic E-state index is 0.322. The molecule has 1 aliphatic carbocycles. The fourth-order valence-corrected chi connectivity index (χ4v) is 2.95. The van der Waals surface area contributed by atoms with Gasteiger partial charge in [0.15, 0.2) is 0 Å². The van der Waals surface area contributed by atoms with Crippen molar-refractivity contribution in [3.8, 4) is 0 Å². The molecule has 1 saturated carbocycles. The fraction of sp³-hybridized carbons (Fsp3) is 0.625. The lowest BCUT2D eigenvalue weighted by Gasteiger charge is -2.32. The van der Waals surface area contributed by atoms with Gasteiger partial charge in [0, 0.05) is 18.3 Å².